The van der Waals surface area contributed by atoms with Crippen LogP contribution in [0.5, 0.6) is 0 Å². The number of carboxylic acid groups (broad SMARTS) is 1. The average molecular weight is 645 g/mol. The zero-order chi connectivity index (χ0) is 32.8. The third kappa shape index (κ3) is 11.3. The molecule has 2 aliphatic heterocycles. The van der Waals surface area contributed by atoms with Crippen LogP contribution in [0.15, 0.2) is 29.4 Å². The Balaban J connectivity index is 1.24. The molecule has 0 spiro atoms. The largest absolute Gasteiger partial charge is 0.480 e. The summed E-state index contributed by atoms with van der Waals surface area (Å²) in [5.41, 5.74) is 7.96. The summed E-state index contributed by atoms with van der Waals surface area (Å²) >= 11 is 1.10. The number of nitrogens with one attached hydrogen (secondary N) is 2. The molecule has 2 aliphatic rings. The van der Waals surface area contributed by atoms with Crippen molar-refractivity contribution in [1.82, 2.24) is 15.2 Å². The summed E-state index contributed by atoms with van der Waals surface area (Å²) in [7, 11) is 0. The Kier molecular flexibility index (Phi) is 14.5. The molecular formula is C31H44N6O7S. The first-order chi connectivity index (χ1) is 21.6. The lowest BCUT2D eigenvalue weighted by Gasteiger charge is -2.27. The van der Waals surface area contributed by atoms with Crippen LogP contribution in [-0.2, 0) is 28.8 Å². The van der Waals surface area contributed by atoms with Crippen LogP contribution in [0.4, 0.5) is 5.69 Å². The molecule has 0 saturated carbocycles. The number of rotatable bonds is 20. The van der Waals surface area contributed by atoms with Gasteiger partial charge in [-0.15, -0.1) is 11.8 Å². The number of imide groups is 1. The first-order valence-electron chi connectivity index (χ1n) is 15.5. The number of hydrogen-bond acceptors (Lipinski definition) is 9. The minimum atomic E-state index is -1.14. The molecule has 0 radical (unpaired) electrons. The SMILES string of the molecule is CC1CC(=O)N(CCCCCCNC(=O)CCCCCN2C(=O)CC(SCC(N)C(=O)O)C2=O)N=C1c1ccc(NC=O)cc1. The number of benzene rings is 1. The monoisotopic (exact) mass is 644 g/mol. The Bertz CT molecular complexity index is 1240. The lowest BCUT2D eigenvalue weighted by Crippen LogP contribution is -2.36. The van der Waals surface area contributed by atoms with E-state index in [1.165, 1.54) is 4.90 Å². The van der Waals surface area contributed by atoms with E-state index in [0.717, 1.165) is 48.7 Å². The highest BCUT2D eigenvalue weighted by Gasteiger charge is 2.38. The zero-order valence-corrected chi connectivity index (χ0v) is 26.6. The minimum absolute atomic E-state index is 0.0103. The fourth-order valence-electron chi connectivity index (χ4n) is 5.17. The van der Waals surface area contributed by atoms with Gasteiger partial charge in [0.05, 0.1) is 11.0 Å². The number of carbonyl (C=O) groups is 6. The highest BCUT2D eigenvalue weighted by atomic mass is 32.2. The number of hydrazone groups is 1. The molecule has 3 rings (SSSR count). The van der Waals surface area contributed by atoms with E-state index in [4.69, 9.17) is 10.8 Å². The Morgan fingerprint density at radius 2 is 1.71 bits per heavy atom. The zero-order valence-electron chi connectivity index (χ0n) is 25.7. The lowest BCUT2D eigenvalue weighted by atomic mass is 9.93. The molecular weight excluding hydrogens is 600 g/mol. The van der Waals surface area contributed by atoms with Crippen LogP contribution in [0.25, 0.3) is 0 Å². The van der Waals surface area contributed by atoms with E-state index >= 15 is 0 Å². The number of thioether (sulfide) groups is 1. The molecule has 1 saturated heterocycles. The van der Waals surface area contributed by atoms with Crippen LogP contribution < -0.4 is 16.4 Å². The van der Waals surface area contributed by atoms with Gasteiger partial charge in [-0.05, 0) is 43.4 Å². The highest BCUT2D eigenvalue weighted by Crippen LogP contribution is 2.26. The minimum Gasteiger partial charge on any atom is -0.480 e. The molecule has 14 heteroatoms. The van der Waals surface area contributed by atoms with Gasteiger partial charge >= 0.3 is 5.97 Å². The molecule has 3 atom stereocenters. The van der Waals surface area contributed by atoms with Crippen molar-refractivity contribution in [3.8, 4) is 0 Å². The summed E-state index contributed by atoms with van der Waals surface area (Å²) in [6, 6.07) is 6.32. The molecule has 2 heterocycles. The van der Waals surface area contributed by atoms with E-state index in [2.05, 4.69) is 15.7 Å². The standard InChI is InChI=1S/C31H44N6O7S/c1-21-17-28(41)37(35-29(21)22-10-12-23(13-11-22)34-20-38)16-8-3-2-6-14-33-26(39)9-5-4-7-15-36-27(40)18-25(30(36)42)45-19-24(32)31(43)44/h10-13,20-21,24-25H,2-9,14-19,32H2,1H3,(H,33,39)(H,34,38)(H,43,44). The van der Waals surface area contributed by atoms with Gasteiger partial charge in [0.25, 0.3) is 0 Å². The second-order valence-corrected chi connectivity index (χ2v) is 12.6. The maximum Gasteiger partial charge on any atom is 0.321 e. The lowest BCUT2D eigenvalue weighted by molar-refractivity contribution is -0.139. The summed E-state index contributed by atoms with van der Waals surface area (Å²) in [5.74, 6) is -1.64. The van der Waals surface area contributed by atoms with E-state index in [9.17, 15) is 28.8 Å². The Morgan fingerprint density at radius 1 is 1.02 bits per heavy atom. The summed E-state index contributed by atoms with van der Waals surface area (Å²) in [6.07, 6.45) is 6.89. The number of nitrogens with zero attached hydrogens (tertiary/aromatic N) is 3. The molecule has 3 unspecified atom stereocenters. The van der Waals surface area contributed by atoms with Crippen molar-refractivity contribution in [1.29, 1.82) is 0 Å². The van der Waals surface area contributed by atoms with Gasteiger partial charge in [-0.25, -0.2) is 5.01 Å². The van der Waals surface area contributed by atoms with E-state index in [0.29, 0.717) is 63.8 Å². The molecule has 0 aromatic heterocycles. The van der Waals surface area contributed by atoms with E-state index in [-0.39, 0.29) is 41.7 Å². The summed E-state index contributed by atoms with van der Waals surface area (Å²) in [5, 5.41) is 20.0. The number of anilines is 1. The van der Waals surface area contributed by atoms with Gasteiger partial charge in [0.15, 0.2) is 0 Å². The summed E-state index contributed by atoms with van der Waals surface area (Å²) < 4.78 is 0. The molecule has 1 fully saturated rings. The van der Waals surface area contributed by atoms with Gasteiger partial charge < -0.3 is 21.5 Å². The maximum absolute atomic E-state index is 12.5. The molecule has 45 heavy (non-hydrogen) atoms. The van der Waals surface area contributed by atoms with Gasteiger partial charge in [-0.1, -0.05) is 38.3 Å². The Hall–Kier alpha value is -3.78. The molecule has 246 valence electrons. The highest BCUT2D eigenvalue weighted by molar-refractivity contribution is 8.00. The predicted octanol–water partition coefficient (Wildman–Crippen LogP) is 2.34. The smallest absolute Gasteiger partial charge is 0.321 e. The molecule has 1 aromatic carbocycles. The molecule has 1 aromatic rings. The molecule has 5 amide bonds. The first kappa shape index (κ1) is 35.7. The van der Waals surface area contributed by atoms with Crippen molar-refractivity contribution in [2.45, 2.75) is 82.4 Å². The molecule has 5 N–H and O–H groups in total. The van der Waals surface area contributed by atoms with E-state index < -0.39 is 17.3 Å². The van der Waals surface area contributed by atoms with Crippen LogP contribution in [0.2, 0.25) is 0 Å². The van der Waals surface area contributed by atoms with Crippen molar-refractivity contribution in [2.75, 3.05) is 30.7 Å². The number of nitrogens with two attached hydrogens (primary N) is 1. The Morgan fingerprint density at radius 3 is 2.42 bits per heavy atom. The van der Waals surface area contributed by atoms with Crippen LogP contribution in [0, 0.1) is 5.92 Å². The van der Waals surface area contributed by atoms with Gasteiger partial charge in [-0.3, -0.25) is 33.7 Å². The number of carbonyl (C=O) groups excluding carboxylic acids is 5. The number of hydrogen-bond donors (Lipinski definition) is 4. The molecule has 13 nitrogen and oxygen atoms in total. The van der Waals surface area contributed by atoms with Gasteiger partial charge in [-0.2, -0.15) is 5.10 Å². The van der Waals surface area contributed by atoms with Crippen molar-refractivity contribution >= 4 is 59.2 Å². The van der Waals surface area contributed by atoms with Crippen LogP contribution in [0.1, 0.15) is 76.7 Å². The van der Waals surface area contributed by atoms with Crippen molar-refractivity contribution in [3.63, 3.8) is 0 Å². The second-order valence-electron chi connectivity index (χ2n) is 11.4. The quantitative estimate of drug-likeness (QED) is 0.0937. The predicted molar refractivity (Wildman–Crippen MR) is 171 cm³/mol. The fourth-order valence-corrected chi connectivity index (χ4v) is 6.28. The van der Waals surface area contributed by atoms with E-state index in [1.54, 1.807) is 5.01 Å². The van der Waals surface area contributed by atoms with Gasteiger partial charge in [0, 0.05) is 56.3 Å². The Labute approximate surface area is 267 Å². The van der Waals surface area contributed by atoms with Crippen LogP contribution in [0.3, 0.4) is 0 Å². The van der Waals surface area contributed by atoms with Crippen molar-refractivity contribution in [2.24, 2.45) is 16.8 Å². The normalized spacial score (nSPS) is 19.0. The molecule has 0 bridgehead atoms. The third-order valence-corrected chi connectivity index (χ3v) is 9.09. The summed E-state index contributed by atoms with van der Waals surface area (Å²) in [6.45, 7) is 3.40. The first-order valence-corrected chi connectivity index (χ1v) is 16.6. The van der Waals surface area contributed by atoms with Crippen molar-refractivity contribution < 1.29 is 33.9 Å². The number of aliphatic carboxylic acids is 1. The van der Waals surface area contributed by atoms with Crippen LogP contribution in [-0.4, -0.2) is 93.4 Å². The average Bonchev–Trinajstić information content (AvgIpc) is 3.28. The van der Waals surface area contributed by atoms with Crippen LogP contribution >= 0.6 is 11.8 Å². The second kappa shape index (κ2) is 18.3. The van der Waals surface area contributed by atoms with Gasteiger partial charge in [0.2, 0.25) is 30.0 Å². The number of amides is 5. The number of likely N-dealkylation sites (tertiary alicyclic amines) is 1. The maximum atomic E-state index is 12.5. The molecule has 0 aliphatic carbocycles. The third-order valence-electron chi connectivity index (χ3n) is 7.77. The van der Waals surface area contributed by atoms with E-state index in [1.807, 2.05) is 31.2 Å². The summed E-state index contributed by atoms with van der Waals surface area (Å²) in [4.78, 5) is 72.1. The fraction of sp³-hybridized carbons (Fsp3) is 0.581. The number of carboxylic acids is 1. The van der Waals surface area contributed by atoms with Crippen molar-refractivity contribution in [3.05, 3.63) is 29.8 Å². The topological polar surface area (TPSA) is 192 Å². The van der Waals surface area contributed by atoms with Gasteiger partial charge in [0.1, 0.15) is 6.04 Å². The number of unbranched alkanes of at least 4 members (excludes halogenated alkanes) is 5.